The Labute approximate surface area is 263 Å². The molecule has 7 nitrogen and oxygen atoms in total. The van der Waals surface area contributed by atoms with Crippen LogP contribution < -0.4 is 0 Å². The van der Waals surface area contributed by atoms with Crippen molar-refractivity contribution in [2.75, 3.05) is 26.4 Å². The summed E-state index contributed by atoms with van der Waals surface area (Å²) >= 11 is 0. The third-order valence-electron chi connectivity index (χ3n) is 8.60. The van der Waals surface area contributed by atoms with E-state index in [4.69, 9.17) is 23.7 Å². The van der Waals surface area contributed by atoms with Gasteiger partial charge in [0.25, 0.3) is 0 Å². The van der Waals surface area contributed by atoms with E-state index in [1.165, 1.54) is 56.9 Å². The predicted octanol–water partition coefficient (Wildman–Crippen LogP) is 8.08. The predicted molar refractivity (Wildman–Crippen MR) is 171 cm³/mol. The van der Waals surface area contributed by atoms with Crippen molar-refractivity contribution >= 4 is 11.9 Å². The summed E-state index contributed by atoms with van der Waals surface area (Å²) in [4.78, 5) is 24.8. The molecule has 240 valence electrons. The Morgan fingerprint density at radius 2 is 1.27 bits per heavy atom. The zero-order valence-electron chi connectivity index (χ0n) is 26.8. The molecule has 0 spiro atoms. The van der Waals surface area contributed by atoms with E-state index >= 15 is 0 Å². The first-order valence-electron chi connectivity index (χ1n) is 16.5. The van der Waals surface area contributed by atoms with Crippen molar-refractivity contribution in [2.45, 2.75) is 103 Å². The molecule has 1 heterocycles. The van der Waals surface area contributed by atoms with Gasteiger partial charge in [-0.25, -0.2) is 9.59 Å². The van der Waals surface area contributed by atoms with E-state index in [1.54, 1.807) is 13.8 Å². The SMILES string of the molecule is C=C(C)COCCCCCC[C@H]1CC[C@H](c2ccc(-c3ccc(C4O[C@@H](C(=O)OCC)[C@H](C(=O)OCC)O4)cc3)cc2)CC1. The lowest BCUT2D eigenvalue weighted by molar-refractivity contribution is -0.163. The van der Waals surface area contributed by atoms with Crippen LogP contribution in [0.1, 0.15) is 102 Å². The summed E-state index contributed by atoms with van der Waals surface area (Å²) in [6.45, 7) is 11.2. The van der Waals surface area contributed by atoms with Crippen molar-refractivity contribution < 1.29 is 33.3 Å². The van der Waals surface area contributed by atoms with E-state index in [0.717, 1.165) is 41.2 Å². The second-order valence-corrected chi connectivity index (χ2v) is 12.1. The fraction of sp³-hybridized carbons (Fsp3) is 0.568. The van der Waals surface area contributed by atoms with Crippen LogP contribution in [0.4, 0.5) is 0 Å². The molecule has 0 unspecified atom stereocenters. The van der Waals surface area contributed by atoms with Crippen molar-refractivity contribution in [3.05, 3.63) is 71.8 Å². The molecule has 0 radical (unpaired) electrons. The highest BCUT2D eigenvalue weighted by Crippen LogP contribution is 2.39. The van der Waals surface area contributed by atoms with Gasteiger partial charge in [0, 0.05) is 12.2 Å². The van der Waals surface area contributed by atoms with Crippen LogP contribution in [0.5, 0.6) is 0 Å². The summed E-state index contributed by atoms with van der Waals surface area (Å²) in [5.41, 5.74) is 5.46. The summed E-state index contributed by atoms with van der Waals surface area (Å²) in [6.07, 6.45) is 8.42. The average molecular weight is 607 g/mol. The molecule has 1 aliphatic carbocycles. The first kappa shape index (κ1) is 33.9. The van der Waals surface area contributed by atoms with E-state index in [0.29, 0.717) is 12.5 Å². The lowest BCUT2D eigenvalue weighted by Crippen LogP contribution is -2.39. The molecule has 2 atom stereocenters. The third-order valence-corrected chi connectivity index (χ3v) is 8.60. The summed E-state index contributed by atoms with van der Waals surface area (Å²) in [5, 5.41) is 0. The number of unbranched alkanes of at least 4 members (excludes halogenated alkanes) is 3. The maximum atomic E-state index is 12.4. The minimum Gasteiger partial charge on any atom is -0.464 e. The Hall–Kier alpha value is -3.00. The molecule has 2 aromatic rings. The molecule has 4 rings (SSSR count). The van der Waals surface area contributed by atoms with Crippen molar-refractivity contribution in [1.29, 1.82) is 0 Å². The lowest BCUT2D eigenvalue weighted by atomic mass is 9.77. The molecule has 0 amide bonds. The van der Waals surface area contributed by atoms with E-state index in [1.807, 2.05) is 31.2 Å². The molecule has 44 heavy (non-hydrogen) atoms. The fourth-order valence-corrected chi connectivity index (χ4v) is 6.21. The van der Waals surface area contributed by atoms with Crippen molar-refractivity contribution in [2.24, 2.45) is 5.92 Å². The van der Waals surface area contributed by atoms with Crippen LogP contribution in [0.15, 0.2) is 60.7 Å². The number of hydrogen-bond donors (Lipinski definition) is 0. The Balaban J connectivity index is 1.23. The molecule has 1 saturated heterocycles. The van der Waals surface area contributed by atoms with Gasteiger partial charge in [-0.2, -0.15) is 0 Å². The Morgan fingerprint density at radius 3 is 1.80 bits per heavy atom. The highest BCUT2D eigenvalue weighted by molar-refractivity contribution is 5.86. The normalized spacial score (nSPS) is 22.1. The van der Waals surface area contributed by atoms with Crippen LogP contribution in [0.2, 0.25) is 0 Å². The number of carbonyl (C=O) groups excluding carboxylic acids is 2. The van der Waals surface area contributed by atoms with Crippen LogP contribution in [0, 0.1) is 5.92 Å². The van der Waals surface area contributed by atoms with Crippen LogP contribution >= 0.6 is 0 Å². The second kappa shape index (κ2) is 17.5. The van der Waals surface area contributed by atoms with Gasteiger partial charge in [0.15, 0.2) is 18.5 Å². The number of hydrogen-bond acceptors (Lipinski definition) is 7. The van der Waals surface area contributed by atoms with Gasteiger partial charge in [-0.1, -0.05) is 86.4 Å². The third kappa shape index (κ3) is 9.75. The number of benzene rings is 2. The molecule has 0 bridgehead atoms. The molecule has 2 aliphatic rings. The lowest BCUT2D eigenvalue weighted by Gasteiger charge is -2.29. The summed E-state index contributed by atoms with van der Waals surface area (Å²) in [5.74, 6) is 0.247. The first-order valence-corrected chi connectivity index (χ1v) is 16.5. The topological polar surface area (TPSA) is 80.3 Å². The van der Waals surface area contributed by atoms with Gasteiger partial charge < -0.3 is 23.7 Å². The summed E-state index contributed by atoms with van der Waals surface area (Å²) in [7, 11) is 0. The molecule has 1 aliphatic heterocycles. The number of carbonyl (C=O) groups is 2. The molecule has 7 heteroatoms. The smallest absolute Gasteiger partial charge is 0.338 e. The van der Waals surface area contributed by atoms with E-state index in [2.05, 4.69) is 30.8 Å². The number of esters is 2. The molecule has 2 fully saturated rings. The average Bonchev–Trinajstić information content (AvgIpc) is 3.49. The Kier molecular flexibility index (Phi) is 13.5. The van der Waals surface area contributed by atoms with Crippen LogP contribution in [0.25, 0.3) is 11.1 Å². The van der Waals surface area contributed by atoms with Gasteiger partial charge in [0.1, 0.15) is 0 Å². The van der Waals surface area contributed by atoms with Crippen LogP contribution in [-0.2, 0) is 33.3 Å². The minimum absolute atomic E-state index is 0.182. The second-order valence-electron chi connectivity index (χ2n) is 12.1. The van der Waals surface area contributed by atoms with Gasteiger partial charge in [-0.15, -0.1) is 0 Å². The van der Waals surface area contributed by atoms with E-state index in [-0.39, 0.29) is 13.2 Å². The maximum Gasteiger partial charge on any atom is 0.338 e. The Bertz CT molecular complexity index is 1160. The van der Waals surface area contributed by atoms with Crippen LogP contribution in [-0.4, -0.2) is 50.6 Å². The van der Waals surface area contributed by atoms with Gasteiger partial charge in [0.2, 0.25) is 0 Å². The Morgan fingerprint density at radius 1 is 0.750 bits per heavy atom. The minimum atomic E-state index is -1.16. The molecular weight excluding hydrogens is 556 g/mol. The molecule has 0 aromatic heterocycles. The maximum absolute atomic E-state index is 12.4. The number of ether oxygens (including phenoxy) is 5. The zero-order valence-corrected chi connectivity index (χ0v) is 26.8. The molecular formula is C37H50O7. The van der Waals surface area contributed by atoms with E-state index in [9.17, 15) is 9.59 Å². The standard InChI is InChI=1S/C37H50O7/c1-5-41-35(38)33-34(36(39)42-6-2)44-37(43-33)32-22-20-31(21-23-32)30-18-16-29(17-19-30)28-14-12-27(13-15-28)11-9-7-8-10-24-40-25-26(3)4/h16-23,27-28,33-34,37H,3,5-15,24-25H2,1-2,4H3/t27-,28-,33-,34-/m1/s1. The fourth-order valence-electron chi connectivity index (χ4n) is 6.21. The molecule has 0 N–H and O–H groups in total. The van der Waals surface area contributed by atoms with Crippen LogP contribution in [0.3, 0.4) is 0 Å². The quantitative estimate of drug-likeness (QED) is 0.109. The van der Waals surface area contributed by atoms with Crippen molar-refractivity contribution in [3.8, 4) is 11.1 Å². The van der Waals surface area contributed by atoms with Crippen molar-refractivity contribution in [1.82, 2.24) is 0 Å². The van der Waals surface area contributed by atoms with Crippen molar-refractivity contribution in [3.63, 3.8) is 0 Å². The van der Waals surface area contributed by atoms with Gasteiger partial charge in [-0.3, -0.25) is 0 Å². The number of rotatable bonds is 16. The van der Waals surface area contributed by atoms with Gasteiger partial charge >= 0.3 is 11.9 Å². The molecule has 2 aromatic carbocycles. The first-order chi connectivity index (χ1) is 21.4. The highest BCUT2D eigenvalue weighted by Gasteiger charge is 2.47. The highest BCUT2D eigenvalue weighted by atomic mass is 16.8. The molecule has 1 saturated carbocycles. The zero-order chi connectivity index (χ0) is 31.3. The van der Waals surface area contributed by atoms with E-state index < -0.39 is 30.4 Å². The monoisotopic (exact) mass is 606 g/mol. The van der Waals surface area contributed by atoms with Gasteiger partial charge in [-0.05, 0) is 81.4 Å². The summed E-state index contributed by atoms with van der Waals surface area (Å²) < 4.78 is 27.4. The van der Waals surface area contributed by atoms with Gasteiger partial charge in [0.05, 0.1) is 19.8 Å². The summed E-state index contributed by atoms with van der Waals surface area (Å²) in [6, 6.07) is 16.8. The largest absolute Gasteiger partial charge is 0.464 e.